The van der Waals surface area contributed by atoms with Gasteiger partial charge >= 0.3 is 0 Å². The third-order valence-corrected chi connectivity index (χ3v) is 3.02. The Labute approximate surface area is 101 Å². The van der Waals surface area contributed by atoms with Gasteiger partial charge < -0.3 is 5.32 Å². The molecule has 0 aliphatic carbocycles. The predicted octanol–water partition coefficient (Wildman–Crippen LogP) is 3.16. The summed E-state index contributed by atoms with van der Waals surface area (Å²) < 4.78 is 1.07. The molecule has 1 rings (SSSR count). The average molecular weight is 271 g/mol. The lowest BCUT2D eigenvalue weighted by atomic mass is 10.0. The Morgan fingerprint density at radius 1 is 1.40 bits per heavy atom. The Morgan fingerprint density at radius 3 is 2.80 bits per heavy atom. The van der Waals surface area contributed by atoms with E-state index in [1.807, 2.05) is 19.4 Å². The number of rotatable bonds is 6. The van der Waals surface area contributed by atoms with Crippen molar-refractivity contribution in [2.75, 3.05) is 7.05 Å². The average Bonchev–Trinajstić information content (AvgIpc) is 2.24. The van der Waals surface area contributed by atoms with E-state index in [9.17, 15) is 0 Å². The Bertz CT molecular complexity index is 289. The maximum absolute atomic E-state index is 4.17. The maximum Gasteiger partial charge on any atom is 0.0410 e. The second-order valence-corrected chi connectivity index (χ2v) is 4.74. The molecule has 2 nitrogen and oxygen atoms in total. The molecule has 0 radical (unpaired) electrons. The lowest BCUT2D eigenvalue weighted by Gasteiger charge is -2.14. The highest BCUT2D eigenvalue weighted by molar-refractivity contribution is 9.10. The van der Waals surface area contributed by atoms with E-state index >= 15 is 0 Å². The Hall–Kier alpha value is -0.410. The van der Waals surface area contributed by atoms with E-state index in [0.29, 0.717) is 6.04 Å². The summed E-state index contributed by atoms with van der Waals surface area (Å²) in [5.74, 6) is 0. The molecule has 0 bridgehead atoms. The second kappa shape index (κ2) is 6.96. The zero-order valence-electron chi connectivity index (χ0n) is 9.46. The van der Waals surface area contributed by atoms with Crippen molar-refractivity contribution < 1.29 is 0 Å². The van der Waals surface area contributed by atoms with E-state index in [4.69, 9.17) is 0 Å². The maximum atomic E-state index is 4.17. The number of aryl methyl sites for hydroxylation is 1. The fraction of sp³-hybridized carbons (Fsp3) is 0.583. The standard InChI is InChI=1S/C12H19BrN2/c1-3-4-12(14-2)6-5-10-7-11(13)9-15-8-10/h7-9,12,14H,3-6H2,1-2H3. The topological polar surface area (TPSA) is 24.9 Å². The Kier molecular flexibility index (Phi) is 5.88. The predicted molar refractivity (Wildman–Crippen MR) is 68.0 cm³/mol. The first-order chi connectivity index (χ1) is 7.26. The van der Waals surface area contributed by atoms with Gasteiger partial charge in [-0.2, -0.15) is 0 Å². The summed E-state index contributed by atoms with van der Waals surface area (Å²) in [6.45, 7) is 2.23. The van der Waals surface area contributed by atoms with E-state index in [1.165, 1.54) is 24.8 Å². The number of nitrogens with zero attached hydrogens (tertiary/aromatic N) is 1. The van der Waals surface area contributed by atoms with Crippen LogP contribution in [0.3, 0.4) is 0 Å². The minimum Gasteiger partial charge on any atom is -0.317 e. The van der Waals surface area contributed by atoms with Crippen LogP contribution in [0.4, 0.5) is 0 Å². The number of hydrogen-bond donors (Lipinski definition) is 1. The van der Waals surface area contributed by atoms with Crippen molar-refractivity contribution in [3.05, 3.63) is 28.5 Å². The van der Waals surface area contributed by atoms with Crippen molar-refractivity contribution in [1.82, 2.24) is 10.3 Å². The van der Waals surface area contributed by atoms with Gasteiger partial charge in [0.25, 0.3) is 0 Å². The number of pyridine rings is 1. The third kappa shape index (κ3) is 4.76. The first-order valence-corrected chi connectivity index (χ1v) is 6.32. The van der Waals surface area contributed by atoms with Crippen LogP contribution in [-0.2, 0) is 6.42 Å². The van der Waals surface area contributed by atoms with Gasteiger partial charge in [0.2, 0.25) is 0 Å². The lowest BCUT2D eigenvalue weighted by molar-refractivity contribution is 0.484. The summed E-state index contributed by atoms with van der Waals surface area (Å²) in [5.41, 5.74) is 1.31. The molecule has 1 N–H and O–H groups in total. The molecule has 0 amide bonds. The fourth-order valence-electron chi connectivity index (χ4n) is 1.71. The van der Waals surface area contributed by atoms with Gasteiger partial charge in [-0.3, -0.25) is 4.98 Å². The Balaban J connectivity index is 2.41. The molecule has 0 spiro atoms. The molecule has 0 saturated carbocycles. The van der Waals surface area contributed by atoms with Gasteiger partial charge in [-0.15, -0.1) is 0 Å². The summed E-state index contributed by atoms with van der Waals surface area (Å²) in [6, 6.07) is 2.78. The molecule has 1 aromatic heterocycles. The van der Waals surface area contributed by atoms with Crippen LogP contribution in [0.2, 0.25) is 0 Å². The molecule has 0 fully saturated rings. The van der Waals surface area contributed by atoms with Crippen molar-refractivity contribution in [2.45, 2.75) is 38.6 Å². The van der Waals surface area contributed by atoms with Crippen molar-refractivity contribution in [3.8, 4) is 0 Å². The van der Waals surface area contributed by atoms with Gasteiger partial charge in [-0.25, -0.2) is 0 Å². The van der Waals surface area contributed by atoms with Crippen LogP contribution >= 0.6 is 15.9 Å². The monoisotopic (exact) mass is 270 g/mol. The number of nitrogens with one attached hydrogen (secondary N) is 1. The molecule has 3 heteroatoms. The molecule has 1 aromatic rings. The van der Waals surface area contributed by atoms with Crippen LogP contribution in [-0.4, -0.2) is 18.1 Å². The van der Waals surface area contributed by atoms with Gasteiger partial charge in [0.15, 0.2) is 0 Å². The van der Waals surface area contributed by atoms with E-state index in [2.05, 4.69) is 39.2 Å². The van der Waals surface area contributed by atoms with Crippen LogP contribution in [0.25, 0.3) is 0 Å². The molecule has 0 aliphatic rings. The van der Waals surface area contributed by atoms with Gasteiger partial charge in [0.1, 0.15) is 0 Å². The van der Waals surface area contributed by atoms with Crippen molar-refractivity contribution in [1.29, 1.82) is 0 Å². The number of hydrogen-bond acceptors (Lipinski definition) is 2. The Morgan fingerprint density at radius 2 is 2.20 bits per heavy atom. The molecule has 1 atom stereocenters. The van der Waals surface area contributed by atoms with Gasteiger partial charge in [-0.1, -0.05) is 13.3 Å². The molecule has 1 heterocycles. The normalized spacial score (nSPS) is 12.7. The molecule has 0 aliphatic heterocycles. The number of aromatic nitrogens is 1. The summed E-state index contributed by atoms with van der Waals surface area (Å²) in [7, 11) is 2.04. The highest BCUT2D eigenvalue weighted by atomic mass is 79.9. The van der Waals surface area contributed by atoms with Crippen LogP contribution in [0.1, 0.15) is 31.7 Å². The minimum absolute atomic E-state index is 0.633. The van der Waals surface area contributed by atoms with E-state index in [0.717, 1.165) is 10.9 Å². The van der Waals surface area contributed by atoms with Crippen LogP contribution < -0.4 is 5.32 Å². The van der Waals surface area contributed by atoms with Crippen LogP contribution in [0.5, 0.6) is 0 Å². The first-order valence-electron chi connectivity index (χ1n) is 5.53. The molecular formula is C12H19BrN2. The summed E-state index contributed by atoms with van der Waals surface area (Å²) >= 11 is 3.44. The zero-order valence-corrected chi connectivity index (χ0v) is 11.0. The third-order valence-electron chi connectivity index (χ3n) is 2.59. The highest BCUT2D eigenvalue weighted by Crippen LogP contribution is 2.13. The first kappa shape index (κ1) is 12.7. The molecule has 84 valence electrons. The van der Waals surface area contributed by atoms with Crippen LogP contribution in [0.15, 0.2) is 22.9 Å². The summed E-state index contributed by atoms with van der Waals surface area (Å²) in [5, 5.41) is 3.36. The molecule has 0 saturated heterocycles. The van der Waals surface area contributed by atoms with Crippen molar-refractivity contribution in [3.63, 3.8) is 0 Å². The summed E-state index contributed by atoms with van der Waals surface area (Å²) in [6.07, 6.45) is 8.54. The fourth-order valence-corrected chi connectivity index (χ4v) is 2.13. The zero-order chi connectivity index (χ0) is 11.1. The number of halogens is 1. The van der Waals surface area contributed by atoms with Crippen molar-refractivity contribution in [2.24, 2.45) is 0 Å². The lowest BCUT2D eigenvalue weighted by Crippen LogP contribution is -2.25. The van der Waals surface area contributed by atoms with E-state index in [1.54, 1.807) is 0 Å². The second-order valence-electron chi connectivity index (χ2n) is 3.82. The summed E-state index contributed by atoms with van der Waals surface area (Å²) in [4.78, 5) is 4.17. The smallest absolute Gasteiger partial charge is 0.0410 e. The quantitative estimate of drug-likeness (QED) is 0.859. The molecule has 0 aromatic carbocycles. The molecule has 1 unspecified atom stereocenters. The van der Waals surface area contributed by atoms with Crippen LogP contribution in [0, 0.1) is 0 Å². The van der Waals surface area contributed by atoms with Gasteiger partial charge in [0.05, 0.1) is 0 Å². The van der Waals surface area contributed by atoms with Crippen molar-refractivity contribution >= 4 is 15.9 Å². The van der Waals surface area contributed by atoms with Gasteiger partial charge in [-0.05, 0) is 53.9 Å². The largest absolute Gasteiger partial charge is 0.317 e. The van der Waals surface area contributed by atoms with E-state index in [-0.39, 0.29) is 0 Å². The van der Waals surface area contributed by atoms with E-state index < -0.39 is 0 Å². The van der Waals surface area contributed by atoms with Gasteiger partial charge in [0, 0.05) is 22.9 Å². The molecular weight excluding hydrogens is 252 g/mol. The SMILES string of the molecule is CCCC(CCc1cncc(Br)c1)NC. The highest BCUT2D eigenvalue weighted by Gasteiger charge is 2.05. The molecule has 15 heavy (non-hydrogen) atoms. The minimum atomic E-state index is 0.633.